The van der Waals surface area contributed by atoms with Gasteiger partial charge in [0.1, 0.15) is 5.82 Å². The van der Waals surface area contributed by atoms with Gasteiger partial charge < -0.3 is 9.64 Å². The molecule has 0 aromatic heterocycles. The van der Waals surface area contributed by atoms with E-state index in [1.54, 1.807) is 17.0 Å². The summed E-state index contributed by atoms with van der Waals surface area (Å²) in [5, 5.41) is 0. The third-order valence-electron chi connectivity index (χ3n) is 4.94. The third-order valence-corrected chi connectivity index (χ3v) is 5.70. The van der Waals surface area contributed by atoms with Gasteiger partial charge in [-0.2, -0.15) is 0 Å². The molecule has 2 aliphatic rings. The predicted molar refractivity (Wildman–Crippen MR) is 91.2 cm³/mol. The zero-order chi connectivity index (χ0) is 18.1. The maximum atomic E-state index is 13.8. The molecule has 0 saturated carbocycles. The topological polar surface area (TPSA) is 75.7 Å². The van der Waals surface area contributed by atoms with Crippen molar-refractivity contribution in [1.29, 1.82) is 0 Å². The van der Waals surface area contributed by atoms with E-state index in [0.29, 0.717) is 45.4 Å². The van der Waals surface area contributed by atoms with Crippen LogP contribution in [0.2, 0.25) is 0 Å². The van der Waals surface area contributed by atoms with Crippen molar-refractivity contribution in [3.05, 3.63) is 35.6 Å². The van der Waals surface area contributed by atoms with E-state index in [1.165, 1.54) is 12.1 Å². The van der Waals surface area contributed by atoms with Crippen LogP contribution < -0.4 is 4.72 Å². The van der Waals surface area contributed by atoms with Crippen LogP contribution in [-0.2, 0) is 14.8 Å². The summed E-state index contributed by atoms with van der Waals surface area (Å²) >= 11 is 0. The van der Waals surface area contributed by atoms with Gasteiger partial charge in [-0.05, 0) is 37.8 Å². The van der Waals surface area contributed by atoms with E-state index >= 15 is 0 Å². The summed E-state index contributed by atoms with van der Waals surface area (Å²) in [4.78, 5) is 14.1. The summed E-state index contributed by atoms with van der Waals surface area (Å²) in [6.07, 6.45) is 3.64. The lowest BCUT2D eigenvalue weighted by Gasteiger charge is -2.46. The molecule has 2 saturated heterocycles. The molecule has 2 fully saturated rings. The number of halogens is 1. The van der Waals surface area contributed by atoms with E-state index in [2.05, 4.69) is 4.72 Å². The van der Waals surface area contributed by atoms with Crippen LogP contribution >= 0.6 is 0 Å². The van der Waals surface area contributed by atoms with Crippen LogP contribution in [0.1, 0.15) is 36.0 Å². The minimum Gasteiger partial charge on any atom is -0.375 e. The number of nitrogens with zero attached hydrogens (tertiary/aromatic N) is 1. The van der Waals surface area contributed by atoms with Crippen LogP contribution in [0.25, 0.3) is 0 Å². The molecule has 1 atom stereocenters. The van der Waals surface area contributed by atoms with Gasteiger partial charge in [-0.1, -0.05) is 12.1 Å². The summed E-state index contributed by atoms with van der Waals surface area (Å²) in [6.45, 7) is 1.44. The van der Waals surface area contributed by atoms with Crippen molar-refractivity contribution in [2.75, 3.05) is 26.0 Å². The second kappa shape index (κ2) is 7.01. The van der Waals surface area contributed by atoms with Crippen molar-refractivity contribution in [3.63, 3.8) is 0 Å². The Morgan fingerprint density at radius 1 is 1.32 bits per heavy atom. The molecule has 3 rings (SSSR count). The van der Waals surface area contributed by atoms with E-state index in [9.17, 15) is 17.6 Å². The number of carbonyl (C=O) groups is 1. The van der Waals surface area contributed by atoms with Crippen molar-refractivity contribution in [2.45, 2.75) is 37.3 Å². The van der Waals surface area contributed by atoms with Crippen molar-refractivity contribution >= 4 is 15.9 Å². The maximum absolute atomic E-state index is 13.8. The number of piperidine rings is 1. The average molecular weight is 370 g/mol. The smallest absolute Gasteiger partial charge is 0.256 e. The Morgan fingerprint density at radius 3 is 2.64 bits per heavy atom. The number of nitrogens with one attached hydrogen (secondary N) is 1. The number of ether oxygens (including phenoxy) is 1. The Kier molecular flexibility index (Phi) is 5.13. The molecule has 1 aromatic carbocycles. The zero-order valence-electron chi connectivity index (χ0n) is 14.2. The molecule has 25 heavy (non-hydrogen) atoms. The molecule has 0 bridgehead atoms. The predicted octanol–water partition coefficient (Wildman–Crippen LogP) is 1.53. The highest BCUT2D eigenvalue weighted by molar-refractivity contribution is 7.88. The molecule has 0 aliphatic carbocycles. The normalized spacial score (nSPS) is 23.6. The quantitative estimate of drug-likeness (QED) is 0.876. The van der Waals surface area contributed by atoms with E-state index in [0.717, 1.165) is 6.26 Å². The van der Waals surface area contributed by atoms with Crippen LogP contribution in [0.15, 0.2) is 24.3 Å². The molecular formula is C17H23FN2O4S. The molecule has 1 spiro atoms. The van der Waals surface area contributed by atoms with Crippen molar-refractivity contribution in [2.24, 2.45) is 0 Å². The SMILES string of the molecule is CS(=O)(=O)N[C@@H]1CCOC2(CCN(C(=O)c3ccccc3F)CC2)C1. The van der Waals surface area contributed by atoms with Gasteiger partial charge in [0.2, 0.25) is 10.0 Å². The molecule has 2 heterocycles. The highest BCUT2D eigenvalue weighted by atomic mass is 32.2. The highest BCUT2D eigenvalue weighted by Gasteiger charge is 2.42. The maximum Gasteiger partial charge on any atom is 0.256 e. The van der Waals surface area contributed by atoms with Gasteiger partial charge in [-0.15, -0.1) is 0 Å². The van der Waals surface area contributed by atoms with Gasteiger partial charge in [-0.25, -0.2) is 17.5 Å². The fraction of sp³-hybridized carbons (Fsp3) is 0.588. The molecule has 1 N–H and O–H groups in total. The van der Waals surface area contributed by atoms with Gasteiger partial charge in [0.15, 0.2) is 0 Å². The summed E-state index contributed by atoms with van der Waals surface area (Å²) < 4.78 is 45.4. The first-order chi connectivity index (χ1) is 11.8. The van der Waals surface area contributed by atoms with Crippen molar-refractivity contribution in [1.82, 2.24) is 9.62 Å². The molecule has 1 aromatic rings. The van der Waals surface area contributed by atoms with Crippen LogP contribution in [0, 0.1) is 5.82 Å². The number of hydrogen-bond acceptors (Lipinski definition) is 4. The fourth-order valence-corrected chi connectivity index (χ4v) is 4.51. The molecule has 8 heteroatoms. The second-order valence-electron chi connectivity index (χ2n) is 6.88. The second-order valence-corrected chi connectivity index (χ2v) is 8.66. The van der Waals surface area contributed by atoms with Crippen molar-refractivity contribution < 1.29 is 22.3 Å². The van der Waals surface area contributed by atoms with Crippen LogP contribution in [0.5, 0.6) is 0 Å². The van der Waals surface area contributed by atoms with Crippen LogP contribution in [0.3, 0.4) is 0 Å². The van der Waals surface area contributed by atoms with Gasteiger partial charge in [0.25, 0.3) is 5.91 Å². The number of sulfonamides is 1. The minimum absolute atomic E-state index is 0.0830. The number of hydrogen-bond donors (Lipinski definition) is 1. The Balaban J connectivity index is 1.63. The first-order valence-corrected chi connectivity index (χ1v) is 10.3. The lowest BCUT2D eigenvalue weighted by atomic mass is 9.82. The van der Waals surface area contributed by atoms with Crippen LogP contribution in [-0.4, -0.2) is 56.8 Å². The molecular weight excluding hydrogens is 347 g/mol. The first kappa shape index (κ1) is 18.3. The summed E-state index contributed by atoms with van der Waals surface area (Å²) in [5.74, 6) is -0.825. The van der Waals surface area contributed by atoms with E-state index in [4.69, 9.17) is 4.74 Å². The molecule has 0 radical (unpaired) electrons. The number of benzene rings is 1. The van der Waals surface area contributed by atoms with Gasteiger partial charge >= 0.3 is 0 Å². The number of rotatable bonds is 3. The third kappa shape index (κ3) is 4.37. The van der Waals surface area contributed by atoms with Gasteiger partial charge in [-0.3, -0.25) is 4.79 Å². The standard InChI is InChI=1S/C17H23FN2O4S/c1-25(22,23)19-13-6-11-24-17(12-13)7-9-20(10-8-17)16(21)14-4-2-3-5-15(14)18/h2-5,13,19H,6-12H2,1H3/t13-/m1/s1. The van der Waals surface area contributed by atoms with E-state index < -0.39 is 21.4 Å². The zero-order valence-corrected chi connectivity index (χ0v) is 15.0. The molecule has 6 nitrogen and oxygen atoms in total. The lowest BCUT2D eigenvalue weighted by molar-refractivity contribution is -0.113. The fourth-order valence-electron chi connectivity index (χ4n) is 3.70. The Bertz CT molecular complexity index is 745. The molecule has 0 unspecified atom stereocenters. The van der Waals surface area contributed by atoms with Gasteiger partial charge in [0.05, 0.1) is 17.4 Å². The lowest BCUT2D eigenvalue weighted by Crippen LogP contribution is -2.54. The summed E-state index contributed by atoms with van der Waals surface area (Å²) in [7, 11) is -3.26. The Labute approximate surface area is 147 Å². The van der Waals surface area contributed by atoms with Gasteiger partial charge in [0, 0.05) is 25.7 Å². The van der Waals surface area contributed by atoms with Crippen LogP contribution in [0.4, 0.5) is 4.39 Å². The number of likely N-dealkylation sites (tertiary alicyclic amines) is 1. The highest BCUT2D eigenvalue weighted by Crippen LogP contribution is 2.35. The minimum atomic E-state index is -3.26. The van der Waals surface area contributed by atoms with E-state index in [-0.39, 0.29) is 17.5 Å². The molecule has 138 valence electrons. The molecule has 1 amide bonds. The Morgan fingerprint density at radius 2 is 2.00 bits per heavy atom. The Hall–Kier alpha value is -1.51. The number of carbonyl (C=O) groups excluding carboxylic acids is 1. The monoisotopic (exact) mass is 370 g/mol. The van der Waals surface area contributed by atoms with Crippen molar-refractivity contribution in [3.8, 4) is 0 Å². The largest absolute Gasteiger partial charge is 0.375 e. The van der Waals surface area contributed by atoms with E-state index in [1.807, 2.05) is 0 Å². The summed E-state index contributed by atoms with van der Waals surface area (Å²) in [5.41, 5.74) is -0.327. The first-order valence-electron chi connectivity index (χ1n) is 8.43. The molecule has 2 aliphatic heterocycles. The summed E-state index contributed by atoms with van der Waals surface area (Å²) in [6, 6.07) is 5.84. The average Bonchev–Trinajstić information content (AvgIpc) is 2.54. The number of amides is 1.